The highest BCUT2D eigenvalue weighted by Crippen LogP contribution is 2.42. The quantitative estimate of drug-likeness (QED) is 0.377. The van der Waals surface area contributed by atoms with E-state index in [0.717, 1.165) is 33.4 Å². The van der Waals surface area contributed by atoms with Crippen LogP contribution in [0.4, 0.5) is 17.1 Å². The third-order valence-corrected chi connectivity index (χ3v) is 4.80. The normalized spacial score (nSPS) is 10.7. The second kappa shape index (κ2) is 7.00. The van der Waals surface area contributed by atoms with Gasteiger partial charge in [0.25, 0.3) is 0 Å². The number of hydrogen-bond donors (Lipinski definition) is 4. The summed E-state index contributed by atoms with van der Waals surface area (Å²) in [5.74, 6) is 0.216. The van der Waals surface area contributed by atoms with Gasteiger partial charge >= 0.3 is 0 Å². The SMILES string of the molecule is Nc1ccc(-c2cc(-c3ccc(N)cc3)c(O)c(-c3ccc(N)cc3)c2)cc1. The van der Waals surface area contributed by atoms with Crippen molar-refractivity contribution in [2.45, 2.75) is 0 Å². The Bertz CT molecular complexity index is 1050. The summed E-state index contributed by atoms with van der Waals surface area (Å²) in [5.41, 5.74) is 24.8. The van der Waals surface area contributed by atoms with Crippen LogP contribution in [-0.4, -0.2) is 5.11 Å². The highest BCUT2D eigenvalue weighted by Gasteiger charge is 2.14. The number of phenolic OH excluding ortho intramolecular Hbond substituents is 1. The molecule has 0 aliphatic carbocycles. The van der Waals surface area contributed by atoms with E-state index in [2.05, 4.69) is 0 Å². The van der Waals surface area contributed by atoms with Crippen molar-refractivity contribution < 1.29 is 5.11 Å². The van der Waals surface area contributed by atoms with Crippen LogP contribution in [0.1, 0.15) is 0 Å². The third-order valence-electron chi connectivity index (χ3n) is 4.80. The van der Waals surface area contributed by atoms with E-state index in [0.29, 0.717) is 17.1 Å². The Morgan fingerprint density at radius 2 is 0.750 bits per heavy atom. The fraction of sp³-hybridized carbons (Fsp3) is 0. The largest absolute Gasteiger partial charge is 0.507 e. The lowest BCUT2D eigenvalue weighted by atomic mass is 9.92. The first-order valence-electron chi connectivity index (χ1n) is 8.96. The Labute approximate surface area is 163 Å². The number of nitrogen functional groups attached to an aromatic ring is 3. The number of rotatable bonds is 3. The van der Waals surface area contributed by atoms with Crippen molar-refractivity contribution in [2.24, 2.45) is 0 Å². The fourth-order valence-corrected chi connectivity index (χ4v) is 3.24. The topological polar surface area (TPSA) is 98.3 Å². The van der Waals surface area contributed by atoms with Crippen molar-refractivity contribution in [3.63, 3.8) is 0 Å². The average molecular weight is 367 g/mol. The van der Waals surface area contributed by atoms with Gasteiger partial charge in [0.1, 0.15) is 5.75 Å². The lowest BCUT2D eigenvalue weighted by molar-refractivity contribution is 0.479. The van der Waals surface area contributed by atoms with Crippen molar-refractivity contribution in [3.8, 4) is 39.1 Å². The van der Waals surface area contributed by atoms with Gasteiger partial charge in [-0.25, -0.2) is 0 Å². The molecule has 0 aliphatic heterocycles. The standard InChI is InChI=1S/C24H21N3O/c25-19-7-1-15(2-8-19)18-13-22(16-3-9-20(26)10-4-16)24(28)23(14-18)17-5-11-21(27)12-6-17/h1-14,28H,25-27H2. The number of hydrogen-bond acceptors (Lipinski definition) is 4. The maximum atomic E-state index is 11.1. The highest BCUT2D eigenvalue weighted by molar-refractivity contribution is 5.88. The van der Waals surface area contributed by atoms with Gasteiger partial charge in [0.15, 0.2) is 0 Å². The first-order valence-corrected chi connectivity index (χ1v) is 8.96. The molecule has 4 aromatic rings. The van der Waals surface area contributed by atoms with Crippen LogP contribution < -0.4 is 17.2 Å². The number of benzene rings is 4. The maximum Gasteiger partial charge on any atom is 0.131 e. The lowest BCUT2D eigenvalue weighted by Gasteiger charge is -2.15. The Kier molecular flexibility index (Phi) is 4.38. The van der Waals surface area contributed by atoms with E-state index in [4.69, 9.17) is 17.2 Å². The van der Waals surface area contributed by atoms with Gasteiger partial charge in [-0.05, 0) is 70.8 Å². The van der Waals surface area contributed by atoms with Gasteiger partial charge in [-0.15, -0.1) is 0 Å². The average Bonchev–Trinajstić information content (AvgIpc) is 2.70. The van der Waals surface area contributed by atoms with Gasteiger partial charge in [-0.1, -0.05) is 36.4 Å². The van der Waals surface area contributed by atoms with Gasteiger partial charge in [-0.3, -0.25) is 0 Å². The van der Waals surface area contributed by atoms with Gasteiger partial charge in [0.05, 0.1) is 0 Å². The van der Waals surface area contributed by atoms with Crippen LogP contribution in [-0.2, 0) is 0 Å². The molecule has 4 heteroatoms. The minimum atomic E-state index is 0.216. The molecular weight excluding hydrogens is 346 g/mol. The van der Waals surface area contributed by atoms with Gasteiger partial charge in [-0.2, -0.15) is 0 Å². The van der Waals surface area contributed by atoms with Gasteiger partial charge in [0.2, 0.25) is 0 Å². The smallest absolute Gasteiger partial charge is 0.131 e. The molecule has 28 heavy (non-hydrogen) atoms. The molecule has 4 aromatic carbocycles. The van der Waals surface area contributed by atoms with Crippen LogP contribution >= 0.6 is 0 Å². The molecule has 0 saturated heterocycles. The summed E-state index contributed by atoms with van der Waals surface area (Å²) in [5, 5.41) is 11.1. The predicted octanol–water partition coefficient (Wildman–Crippen LogP) is 5.14. The molecule has 0 aliphatic rings. The van der Waals surface area contributed by atoms with Crippen LogP contribution in [0, 0.1) is 0 Å². The monoisotopic (exact) mass is 367 g/mol. The summed E-state index contributed by atoms with van der Waals surface area (Å²) in [7, 11) is 0. The van der Waals surface area contributed by atoms with E-state index in [1.807, 2.05) is 84.9 Å². The molecule has 0 saturated carbocycles. The van der Waals surface area contributed by atoms with Crippen molar-refractivity contribution in [2.75, 3.05) is 17.2 Å². The Morgan fingerprint density at radius 3 is 1.11 bits per heavy atom. The summed E-state index contributed by atoms with van der Waals surface area (Å²) in [6, 6.07) is 26.6. The summed E-state index contributed by atoms with van der Waals surface area (Å²) in [6.45, 7) is 0. The second-order valence-electron chi connectivity index (χ2n) is 6.79. The van der Waals surface area contributed by atoms with E-state index >= 15 is 0 Å². The van der Waals surface area contributed by atoms with E-state index in [-0.39, 0.29) is 5.75 Å². The van der Waals surface area contributed by atoms with E-state index in [1.54, 1.807) is 0 Å². The first-order chi connectivity index (χ1) is 13.5. The summed E-state index contributed by atoms with van der Waals surface area (Å²) >= 11 is 0. The minimum Gasteiger partial charge on any atom is -0.507 e. The lowest BCUT2D eigenvalue weighted by Crippen LogP contribution is -1.90. The van der Waals surface area contributed by atoms with Crippen LogP contribution in [0.2, 0.25) is 0 Å². The fourth-order valence-electron chi connectivity index (χ4n) is 3.24. The Hall–Kier alpha value is -3.92. The molecule has 0 heterocycles. The van der Waals surface area contributed by atoms with E-state index < -0.39 is 0 Å². The minimum absolute atomic E-state index is 0.216. The molecule has 7 N–H and O–H groups in total. The van der Waals surface area contributed by atoms with Crippen molar-refractivity contribution in [3.05, 3.63) is 84.9 Å². The molecule has 0 fully saturated rings. The molecule has 138 valence electrons. The van der Waals surface area contributed by atoms with Crippen LogP contribution in [0.15, 0.2) is 84.9 Å². The zero-order valence-electron chi connectivity index (χ0n) is 15.3. The molecule has 0 unspecified atom stereocenters. The van der Waals surface area contributed by atoms with E-state index in [9.17, 15) is 5.11 Å². The van der Waals surface area contributed by atoms with Gasteiger partial charge < -0.3 is 22.3 Å². The van der Waals surface area contributed by atoms with Crippen molar-refractivity contribution in [1.29, 1.82) is 0 Å². The summed E-state index contributed by atoms with van der Waals surface area (Å²) < 4.78 is 0. The maximum absolute atomic E-state index is 11.1. The summed E-state index contributed by atoms with van der Waals surface area (Å²) in [6.07, 6.45) is 0. The van der Waals surface area contributed by atoms with Gasteiger partial charge in [0, 0.05) is 28.2 Å². The molecule has 4 nitrogen and oxygen atoms in total. The number of phenols is 1. The van der Waals surface area contributed by atoms with Crippen LogP contribution in [0.25, 0.3) is 33.4 Å². The molecule has 0 radical (unpaired) electrons. The molecule has 0 bridgehead atoms. The molecule has 0 spiro atoms. The second-order valence-corrected chi connectivity index (χ2v) is 6.79. The number of aromatic hydroxyl groups is 1. The van der Waals surface area contributed by atoms with Crippen LogP contribution in [0.5, 0.6) is 5.75 Å². The third kappa shape index (κ3) is 3.35. The zero-order chi connectivity index (χ0) is 19.7. The predicted molar refractivity (Wildman–Crippen MR) is 118 cm³/mol. The molecule has 0 aromatic heterocycles. The van der Waals surface area contributed by atoms with E-state index in [1.165, 1.54) is 0 Å². The van der Waals surface area contributed by atoms with Crippen LogP contribution in [0.3, 0.4) is 0 Å². The molecule has 0 atom stereocenters. The first kappa shape index (κ1) is 17.5. The number of anilines is 3. The molecule has 4 rings (SSSR count). The Morgan fingerprint density at radius 1 is 0.429 bits per heavy atom. The van der Waals surface area contributed by atoms with Crippen molar-refractivity contribution in [1.82, 2.24) is 0 Å². The highest BCUT2D eigenvalue weighted by atomic mass is 16.3. The van der Waals surface area contributed by atoms with Crippen molar-refractivity contribution >= 4 is 17.1 Å². The zero-order valence-corrected chi connectivity index (χ0v) is 15.3. The molecular formula is C24H21N3O. The Balaban J connectivity index is 1.95. The number of nitrogens with two attached hydrogens (primary N) is 3. The summed E-state index contributed by atoms with van der Waals surface area (Å²) in [4.78, 5) is 0. The molecule has 0 amide bonds.